The summed E-state index contributed by atoms with van der Waals surface area (Å²) in [6.07, 6.45) is 11.7. The SMILES string of the molecule is CC.CCC1CC1C(=O)N(Cc1nccn1C)c1ccc2c(c1)CCCC2.CCc1cccc(S(N)=O)c1. The molecular weight excluding hydrogens is 492 g/mol. The molecule has 5 rings (SSSR count). The van der Waals surface area contributed by atoms with Crippen LogP contribution < -0.4 is 10.0 Å². The highest BCUT2D eigenvalue weighted by atomic mass is 32.2. The predicted molar refractivity (Wildman–Crippen MR) is 157 cm³/mol. The van der Waals surface area contributed by atoms with E-state index in [4.69, 9.17) is 5.14 Å². The Balaban J connectivity index is 0.000000259. The number of anilines is 1. The largest absolute Gasteiger partial charge is 0.337 e. The van der Waals surface area contributed by atoms with Gasteiger partial charge in [0.15, 0.2) is 0 Å². The van der Waals surface area contributed by atoms with Crippen molar-refractivity contribution in [2.45, 2.75) is 84.1 Å². The second-order valence-electron chi connectivity index (χ2n) is 9.85. The summed E-state index contributed by atoms with van der Waals surface area (Å²) in [6, 6.07) is 14.1. The fourth-order valence-electron chi connectivity index (χ4n) is 4.97. The Kier molecular flexibility index (Phi) is 11.3. The molecule has 6 nitrogen and oxygen atoms in total. The van der Waals surface area contributed by atoms with Gasteiger partial charge in [-0.2, -0.15) is 0 Å². The number of amides is 1. The Morgan fingerprint density at radius 2 is 1.84 bits per heavy atom. The molecule has 7 heteroatoms. The van der Waals surface area contributed by atoms with Crippen molar-refractivity contribution in [3.8, 4) is 0 Å². The molecule has 0 aliphatic heterocycles. The Bertz CT molecular complexity index is 1220. The average Bonchev–Trinajstić information content (AvgIpc) is 3.65. The zero-order valence-electron chi connectivity index (χ0n) is 23.7. The minimum Gasteiger partial charge on any atom is -0.337 e. The van der Waals surface area contributed by atoms with Crippen LogP contribution in [-0.4, -0.2) is 19.7 Å². The van der Waals surface area contributed by atoms with Gasteiger partial charge in [0.2, 0.25) is 5.91 Å². The van der Waals surface area contributed by atoms with Crippen LogP contribution in [0.1, 0.15) is 75.9 Å². The molecule has 1 amide bonds. The van der Waals surface area contributed by atoms with Crippen LogP contribution >= 0.6 is 0 Å². The van der Waals surface area contributed by atoms with Crippen molar-refractivity contribution in [1.29, 1.82) is 0 Å². The maximum absolute atomic E-state index is 13.2. The summed E-state index contributed by atoms with van der Waals surface area (Å²) >= 11 is 0. The summed E-state index contributed by atoms with van der Waals surface area (Å²) in [5, 5.41) is 5.21. The van der Waals surface area contributed by atoms with E-state index in [0.717, 1.165) is 37.2 Å². The number of carbonyl (C=O) groups is 1. The van der Waals surface area contributed by atoms with E-state index in [1.165, 1.54) is 36.0 Å². The Morgan fingerprint density at radius 1 is 1.11 bits per heavy atom. The number of benzene rings is 2. The highest BCUT2D eigenvalue weighted by Gasteiger charge is 2.44. The number of aryl methyl sites for hydroxylation is 4. The lowest BCUT2D eigenvalue weighted by atomic mass is 9.91. The number of imidazole rings is 1. The van der Waals surface area contributed by atoms with Gasteiger partial charge in [-0.05, 0) is 85.4 Å². The van der Waals surface area contributed by atoms with Crippen molar-refractivity contribution < 1.29 is 9.00 Å². The topological polar surface area (TPSA) is 81.2 Å². The maximum atomic E-state index is 13.2. The molecule has 3 unspecified atom stereocenters. The van der Waals surface area contributed by atoms with Gasteiger partial charge in [0.25, 0.3) is 0 Å². The molecule has 0 spiro atoms. The zero-order valence-corrected chi connectivity index (χ0v) is 24.5. The normalized spacial score (nSPS) is 18.2. The van der Waals surface area contributed by atoms with Crippen molar-refractivity contribution >= 4 is 22.6 Å². The number of carbonyl (C=O) groups excluding carboxylic acids is 1. The molecule has 1 fully saturated rings. The first-order chi connectivity index (χ1) is 18.4. The quantitative estimate of drug-likeness (QED) is 0.394. The molecule has 2 aliphatic carbocycles. The van der Waals surface area contributed by atoms with Gasteiger partial charge in [-0.1, -0.05) is 52.3 Å². The number of hydrogen-bond acceptors (Lipinski definition) is 3. The standard InChI is InChI=1S/C21H27N3O.C8H11NOS.C2H6/c1-3-15-13-19(15)21(25)24(14-20-22-10-11-23(20)2)18-9-8-16-6-4-5-7-17(16)12-18;1-2-7-4-3-5-8(6-7)11(9)10;1-2/h8-12,15,19H,3-7,13-14H2,1-2H3;3-6H,2,9H2,1H3;1-2H3. The molecule has 206 valence electrons. The lowest BCUT2D eigenvalue weighted by molar-refractivity contribution is -0.120. The van der Waals surface area contributed by atoms with Crippen LogP contribution in [0.25, 0.3) is 0 Å². The molecule has 3 aromatic rings. The van der Waals surface area contributed by atoms with Crippen LogP contribution in [0.5, 0.6) is 0 Å². The molecule has 2 N–H and O–H groups in total. The summed E-state index contributed by atoms with van der Waals surface area (Å²) in [7, 11) is 0.649. The van der Waals surface area contributed by atoms with E-state index in [2.05, 4.69) is 37.0 Å². The average molecular weight is 537 g/mol. The van der Waals surface area contributed by atoms with E-state index >= 15 is 0 Å². The second-order valence-corrected chi connectivity index (χ2v) is 10.9. The molecular formula is C31H44N4O2S. The van der Waals surface area contributed by atoms with Crippen molar-refractivity contribution in [3.05, 3.63) is 77.4 Å². The van der Waals surface area contributed by atoms with Gasteiger partial charge in [0, 0.05) is 31.0 Å². The Labute approximate surface area is 231 Å². The Morgan fingerprint density at radius 3 is 2.45 bits per heavy atom. The van der Waals surface area contributed by atoms with E-state index in [0.29, 0.717) is 17.4 Å². The summed E-state index contributed by atoms with van der Waals surface area (Å²) in [6.45, 7) is 8.78. The fourth-order valence-corrected chi connectivity index (χ4v) is 5.45. The minimum atomic E-state index is -1.34. The van der Waals surface area contributed by atoms with E-state index in [9.17, 15) is 9.00 Å². The molecule has 0 bridgehead atoms. The fraction of sp³-hybridized carbons (Fsp3) is 0.484. The summed E-state index contributed by atoms with van der Waals surface area (Å²) in [5.74, 6) is 1.96. The minimum absolute atomic E-state index is 0.196. The Hall–Kier alpha value is -2.77. The highest BCUT2D eigenvalue weighted by Crippen LogP contribution is 2.43. The third kappa shape index (κ3) is 7.64. The smallest absolute Gasteiger partial charge is 0.230 e. The third-order valence-electron chi connectivity index (χ3n) is 7.43. The van der Waals surface area contributed by atoms with Gasteiger partial charge in [0.1, 0.15) is 16.8 Å². The van der Waals surface area contributed by atoms with Gasteiger partial charge in [-0.25, -0.2) is 14.3 Å². The second kappa shape index (κ2) is 14.4. The number of hydrogen-bond donors (Lipinski definition) is 1. The molecule has 0 radical (unpaired) electrons. The summed E-state index contributed by atoms with van der Waals surface area (Å²) in [4.78, 5) is 20.3. The van der Waals surface area contributed by atoms with E-state index in [1.807, 2.05) is 54.8 Å². The molecule has 1 heterocycles. The van der Waals surface area contributed by atoms with E-state index in [1.54, 1.807) is 12.3 Å². The lowest BCUT2D eigenvalue weighted by Crippen LogP contribution is -2.33. The zero-order chi connectivity index (χ0) is 27.7. The number of nitrogens with two attached hydrogens (primary N) is 1. The van der Waals surface area contributed by atoms with Crippen LogP contribution in [-0.2, 0) is 48.6 Å². The van der Waals surface area contributed by atoms with Crippen LogP contribution in [0.3, 0.4) is 0 Å². The number of nitrogens with zero attached hydrogens (tertiary/aromatic N) is 3. The molecule has 38 heavy (non-hydrogen) atoms. The molecule has 2 aromatic carbocycles. The van der Waals surface area contributed by atoms with Crippen molar-refractivity contribution in [3.63, 3.8) is 0 Å². The molecule has 2 aliphatic rings. The van der Waals surface area contributed by atoms with Gasteiger partial charge < -0.3 is 9.47 Å². The van der Waals surface area contributed by atoms with Crippen LogP contribution in [0.15, 0.2) is 59.8 Å². The van der Waals surface area contributed by atoms with Crippen LogP contribution in [0.2, 0.25) is 0 Å². The first kappa shape index (κ1) is 29.8. The van der Waals surface area contributed by atoms with Crippen LogP contribution in [0, 0.1) is 11.8 Å². The van der Waals surface area contributed by atoms with Crippen molar-refractivity contribution in [2.24, 2.45) is 24.0 Å². The van der Waals surface area contributed by atoms with Gasteiger partial charge in [-0.3, -0.25) is 4.79 Å². The maximum Gasteiger partial charge on any atom is 0.230 e. The molecule has 0 saturated heterocycles. The lowest BCUT2D eigenvalue weighted by Gasteiger charge is -2.25. The number of fused-ring (bicyclic) bond motifs is 1. The van der Waals surface area contributed by atoms with Gasteiger partial charge >= 0.3 is 0 Å². The molecule has 1 saturated carbocycles. The third-order valence-corrected chi connectivity index (χ3v) is 8.15. The number of rotatable bonds is 7. The van der Waals surface area contributed by atoms with Gasteiger partial charge in [-0.15, -0.1) is 0 Å². The van der Waals surface area contributed by atoms with E-state index in [-0.39, 0.29) is 11.8 Å². The molecule has 1 aromatic heterocycles. The summed E-state index contributed by atoms with van der Waals surface area (Å²) < 4.78 is 12.8. The summed E-state index contributed by atoms with van der Waals surface area (Å²) in [5.41, 5.74) is 5.08. The van der Waals surface area contributed by atoms with Gasteiger partial charge in [0.05, 0.1) is 11.4 Å². The highest BCUT2D eigenvalue weighted by molar-refractivity contribution is 7.82. The first-order valence-electron chi connectivity index (χ1n) is 14.1. The monoisotopic (exact) mass is 536 g/mol. The van der Waals surface area contributed by atoms with E-state index < -0.39 is 11.0 Å². The number of aromatic nitrogens is 2. The van der Waals surface area contributed by atoms with Crippen LogP contribution in [0.4, 0.5) is 5.69 Å². The molecule has 3 atom stereocenters. The predicted octanol–water partition coefficient (Wildman–Crippen LogP) is 6.13. The first-order valence-corrected chi connectivity index (χ1v) is 15.3. The van der Waals surface area contributed by atoms with Crippen molar-refractivity contribution in [2.75, 3.05) is 4.90 Å². The van der Waals surface area contributed by atoms with Crippen molar-refractivity contribution in [1.82, 2.24) is 9.55 Å².